The third-order valence-corrected chi connectivity index (χ3v) is 4.90. The maximum absolute atomic E-state index is 4.45. The number of nitrogens with zero attached hydrogens (tertiary/aromatic N) is 5. The van der Waals surface area contributed by atoms with Gasteiger partial charge in [0.1, 0.15) is 0 Å². The number of hydrogen-bond donors (Lipinski definition) is 0. The zero-order chi connectivity index (χ0) is 15.7. The van der Waals surface area contributed by atoms with E-state index >= 15 is 0 Å². The van der Waals surface area contributed by atoms with Gasteiger partial charge in [-0.1, -0.05) is 6.92 Å². The second-order valence-corrected chi connectivity index (χ2v) is 6.80. The van der Waals surface area contributed by atoms with Crippen molar-refractivity contribution in [1.82, 2.24) is 24.2 Å². The van der Waals surface area contributed by atoms with E-state index in [2.05, 4.69) is 46.5 Å². The first-order valence-corrected chi connectivity index (χ1v) is 8.29. The number of rotatable bonds is 4. The fraction of sp³-hybridized carbons (Fsp3) is 0.647. The number of aryl methyl sites for hydroxylation is 2. The van der Waals surface area contributed by atoms with Crippen LogP contribution in [0.15, 0.2) is 18.7 Å². The lowest BCUT2D eigenvalue weighted by atomic mass is 9.98. The third kappa shape index (κ3) is 3.09. The highest BCUT2D eigenvalue weighted by Gasteiger charge is 2.21. The highest BCUT2D eigenvalue weighted by molar-refractivity contribution is 5.60. The van der Waals surface area contributed by atoms with Gasteiger partial charge in [-0.2, -0.15) is 5.10 Å². The summed E-state index contributed by atoms with van der Waals surface area (Å²) in [6, 6.07) is 0.539. The summed E-state index contributed by atoms with van der Waals surface area (Å²) in [7, 11) is 1.97. The predicted molar refractivity (Wildman–Crippen MR) is 88.6 cm³/mol. The van der Waals surface area contributed by atoms with Gasteiger partial charge in [-0.15, -0.1) is 0 Å². The average Bonchev–Trinajstić information content (AvgIpc) is 3.05. The van der Waals surface area contributed by atoms with E-state index in [-0.39, 0.29) is 0 Å². The Balaban J connectivity index is 1.74. The maximum atomic E-state index is 4.45. The molecule has 0 amide bonds. The lowest BCUT2D eigenvalue weighted by molar-refractivity contribution is 0.135. The Morgan fingerprint density at radius 2 is 2.05 bits per heavy atom. The predicted octanol–water partition coefficient (Wildman–Crippen LogP) is 2.71. The van der Waals surface area contributed by atoms with Gasteiger partial charge < -0.3 is 4.57 Å². The van der Waals surface area contributed by atoms with Gasteiger partial charge in [0, 0.05) is 31.4 Å². The number of hydrogen-bond acceptors (Lipinski definition) is 3. The SMILES string of the molecule is Cc1nn(C)cc1-c1cncn1C[C@@H](C)N1CCC(C)CC1. The van der Waals surface area contributed by atoms with Crippen LogP contribution in [-0.4, -0.2) is 43.4 Å². The standard InChI is InChI=1S/C17H27N5/c1-13-5-7-21(8-6-13)14(2)10-22-12-18-9-17(22)16-11-20(4)19-15(16)3/h9,11-14H,5-8,10H2,1-4H3/t14-/m1/s1. The molecule has 2 aromatic heterocycles. The van der Waals surface area contributed by atoms with E-state index in [9.17, 15) is 0 Å². The molecule has 0 spiro atoms. The van der Waals surface area contributed by atoms with Crippen LogP contribution in [0.5, 0.6) is 0 Å². The number of piperidine rings is 1. The Bertz CT molecular complexity index is 619. The molecule has 22 heavy (non-hydrogen) atoms. The summed E-state index contributed by atoms with van der Waals surface area (Å²) >= 11 is 0. The van der Waals surface area contributed by atoms with Gasteiger partial charge in [-0.05, 0) is 45.7 Å². The van der Waals surface area contributed by atoms with Crippen molar-refractivity contribution in [3.05, 3.63) is 24.4 Å². The number of likely N-dealkylation sites (tertiary alicyclic amines) is 1. The molecule has 1 fully saturated rings. The quantitative estimate of drug-likeness (QED) is 0.871. The maximum Gasteiger partial charge on any atom is 0.0951 e. The molecule has 1 aliphatic heterocycles. The minimum absolute atomic E-state index is 0.539. The molecule has 120 valence electrons. The van der Waals surface area contributed by atoms with Crippen molar-refractivity contribution in [3.8, 4) is 11.3 Å². The lowest BCUT2D eigenvalue weighted by Crippen LogP contribution is -2.41. The van der Waals surface area contributed by atoms with E-state index in [4.69, 9.17) is 0 Å². The van der Waals surface area contributed by atoms with Crippen LogP contribution in [0.4, 0.5) is 0 Å². The van der Waals surface area contributed by atoms with Crippen molar-refractivity contribution in [3.63, 3.8) is 0 Å². The summed E-state index contributed by atoms with van der Waals surface area (Å²) in [6.07, 6.45) is 8.63. The van der Waals surface area contributed by atoms with Crippen molar-refractivity contribution in [1.29, 1.82) is 0 Å². The molecule has 5 heteroatoms. The highest BCUT2D eigenvalue weighted by atomic mass is 15.3. The van der Waals surface area contributed by atoms with Crippen molar-refractivity contribution < 1.29 is 0 Å². The van der Waals surface area contributed by atoms with Crippen LogP contribution >= 0.6 is 0 Å². The summed E-state index contributed by atoms with van der Waals surface area (Å²) in [5.74, 6) is 0.880. The van der Waals surface area contributed by atoms with Crippen LogP contribution in [0.3, 0.4) is 0 Å². The largest absolute Gasteiger partial charge is 0.329 e. The smallest absolute Gasteiger partial charge is 0.0951 e. The fourth-order valence-corrected chi connectivity index (χ4v) is 3.41. The van der Waals surface area contributed by atoms with Crippen molar-refractivity contribution in [2.45, 2.75) is 46.2 Å². The summed E-state index contributed by atoms with van der Waals surface area (Å²) in [4.78, 5) is 6.98. The molecular formula is C17H27N5. The first-order valence-electron chi connectivity index (χ1n) is 8.29. The van der Waals surface area contributed by atoms with Crippen molar-refractivity contribution >= 4 is 0 Å². The van der Waals surface area contributed by atoms with Crippen LogP contribution < -0.4 is 0 Å². The zero-order valence-corrected chi connectivity index (χ0v) is 14.2. The molecule has 1 aliphatic rings. The molecule has 0 radical (unpaired) electrons. The van der Waals surface area contributed by atoms with E-state index in [1.54, 1.807) is 0 Å². The van der Waals surface area contributed by atoms with Crippen LogP contribution in [-0.2, 0) is 13.6 Å². The van der Waals surface area contributed by atoms with Gasteiger partial charge >= 0.3 is 0 Å². The van der Waals surface area contributed by atoms with Gasteiger partial charge in [-0.3, -0.25) is 9.58 Å². The molecule has 2 aromatic rings. The molecule has 0 saturated carbocycles. The highest BCUT2D eigenvalue weighted by Crippen LogP contribution is 2.24. The molecule has 1 atom stereocenters. The van der Waals surface area contributed by atoms with Gasteiger partial charge in [0.05, 0.1) is 23.9 Å². The van der Waals surface area contributed by atoms with E-state index in [1.807, 2.05) is 24.3 Å². The van der Waals surface area contributed by atoms with Crippen LogP contribution in [0, 0.1) is 12.8 Å². The Morgan fingerprint density at radius 3 is 2.68 bits per heavy atom. The van der Waals surface area contributed by atoms with Crippen molar-refractivity contribution in [2.75, 3.05) is 13.1 Å². The van der Waals surface area contributed by atoms with Crippen molar-refractivity contribution in [2.24, 2.45) is 13.0 Å². The molecule has 0 aliphatic carbocycles. The van der Waals surface area contributed by atoms with Crippen LogP contribution in [0.1, 0.15) is 32.4 Å². The normalized spacial score (nSPS) is 18.7. The van der Waals surface area contributed by atoms with E-state index < -0.39 is 0 Å². The summed E-state index contributed by atoms with van der Waals surface area (Å²) in [5, 5.41) is 4.45. The molecule has 0 N–H and O–H groups in total. The fourth-order valence-electron chi connectivity index (χ4n) is 3.41. The summed E-state index contributed by atoms with van der Waals surface area (Å²) in [5.41, 5.74) is 3.41. The lowest BCUT2D eigenvalue weighted by Gasteiger charge is -2.35. The molecule has 0 bridgehead atoms. The average molecular weight is 301 g/mol. The molecule has 5 nitrogen and oxygen atoms in total. The Labute approximate surface area is 133 Å². The molecular weight excluding hydrogens is 274 g/mol. The Morgan fingerprint density at radius 1 is 1.32 bits per heavy atom. The van der Waals surface area contributed by atoms with Crippen LogP contribution in [0.25, 0.3) is 11.3 Å². The zero-order valence-electron chi connectivity index (χ0n) is 14.2. The third-order valence-electron chi connectivity index (χ3n) is 4.90. The molecule has 1 saturated heterocycles. The van der Waals surface area contributed by atoms with Gasteiger partial charge in [-0.25, -0.2) is 4.98 Å². The first-order chi connectivity index (χ1) is 10.5. The monoisotopic (exact) mass is 301 g/mol. The topological polar surface area (TPSA) is 38.9 Å². The summed E-state index contributed by atoms with van der Waals surface area (Å²) < 4.78 is 4.14. The minimum atomic E-state index is 0.539. The second kappa shape index (κ2) is 6.24. The van der Waals surface area contributed by atoms with Gasteiger partial charge in [0.25, 0.3) is 0 Å². The Hall–Kier alpha value is -1.62. The van der Waals surface area contributed by atoms with E-state index in [1.165, 1.54) is 37.2 Å². The van der Waals surface area contributed by atoms with Gasteiger partial charge in [0.15, 0.2) is 0 Å². The molecule has 3 rings (SSSR count). The molecule has 3 heterocycles. The first kappa shape index (κ1) is 15.3. The summed E-state index contributed by atoms with van der Waals surface area (Å²) in [6.45, 7) is 10.2. The van der Waals surface area contributed by atoms with Crippen LogP contribution in [0.2, 0.25) is 0 Å². The molecule has 0 unspecified atom stereocenters. The van der Waals surface area contributed by atoms with E-state index in [0.717, 1.165) is 18.2 Å². The number of imidazole rings is 1. The minimum Gasteiger partial charge on any atom is -0.329 e. The molecule has 0 aromatic carbocycles. The second-order valence-electron chi connectivity index (χ2n) is 6.80. The van der Waals surface area contributed by atoms with Gasteiger partial charge in [0.2, 0.25) is 0 Å². The Kier molecular flexibility index (Phi) is 4.34. The number of aromatic nitrogens is 4. The van der Waals surface area contributed by atoms with E-state index in [0.29, 0.717) is 6.04 Å².